The average molecular weight is 1440 g/mol. The Morgan fingerprint density at radius 2 is 0.778 bits per heavy atom. The third-order valence-corrected chi connectivity index (χ3v) is 23.4. The fourth-order valence-corrected chi connectivity index (χ4v) is 16.1. The predicted octanol–water partition coefficient (Wildman–Crippen LogP) is 21.1. The van der Waals surface area contributed by atoms with Crippen LogP contribution in [-0.2, 0) is 25.7 Å². The zero-order chi connectivity index (χ0) is 75.2. The number of H-pyrrole nitrogens is 1. The highest BCUT2D eigenvalue weighted by Gasteiger charge is 2.36. The molecule has 0 spiro atoms. The zero-order valence-corrected chi connectivity index (χ0v) is 62.8. The lowest BCUT2D eigenvalue weighted by Gasteiger charge is -2.31. The van der Waals surface area contributed by atoms with Crippen LogP contribution in [0, 0.1) is 92.7 Å². The summed E-state index contributed by atoms with van der Waals surface area (Å²) < 4.78 is 11.2. The molecule has 4 aliphatic rings. The van der Waals surface area contributed by atoms with E-state index in [1.54, 1.807) is 24.1 Å². The minimum atomic E-state index is 0.215. The van der Waals surface area contributed by atoms with Crippen molar-refractivity contribution in [2.75, 3.05) is 0 Å². The Morgan fingerprint density at radius 3 is 1.24 bits per heavy atom. The van der Waals surface area contributed by atoms with Crippen molar-refractivity contribution >= 4 is 35.6 Å². The lowest BCUT2D eigenvalue weighted by Crippen LogP contribution is -2.24. The number of hydrogen-bond donors (Lipinski definition) is 1. The van der Waals surface area contributed by atoms with E-state index in [0.29, 0.717) is 81.4 Å². The Balaban J connectivity index is 0.000000127. The number of benzene rings is 4. The van der Waals surface area contributed by atoms with Crippen molar-refractivity contribution < 1.29 is 8.83 Å². The molecule has 0 radical (unpaired) electrons. The van der Waals surface area contributed by atoms with Gasteiger partial charge in [-0.2, -0.15) is 26.1 Å². The van der Waals surface area contributed by atoms with Crippen molar-refractivity contribution in [2.24, 2.45) is 47.3 Å². The minimum absolute atomic E-state index is 0.215. The number of aromatic amines is 1. The number of allylic oxidation sites excluding steroid dienone is 4. The average Bonchev–Trinajstić information content (AvgIpc) is 1.62. The molecular weight excluding hydrogens is 1350 g/mol. The Hall–Kier alpha value is -12.3. The van der Waals surface area contributed by atoms with Crippen LogP contribution < -0.4 is 0 Å². The standard InChI is InChI=1S/C23H22N4.2C23H21N3O.C23H21N3S/c1-15-11-19-14-26-27-23(19)21(16(15)2)10-9-20-8-7-18(13-25-20)22-6-4-3-5-17(22)12-24;1-15-11-22-23(26-14-27-22)20(16(15)2)10-9-19-8-7-18(13-25-19)21-6-4-3-5-17(21)12-24;2*1-15-11-22-23(27-14-26-22)20(16(15)2)10-9-19-8-7-18(13-25-19)21-6-4-3-5-17(21)12-24/h3-10,13-16,21H,11H2,1-2H3,(H,26,27);3*3-10,13-16,20H,11H2,1-2H3/b4*10-9+/t15-,16+,21-;3*15-,16+,20-/m0000/s1. The van der Waals surface area contributed by atoms with Crippen molar-refractivity contribution in [2.45, 2.75) is 105 Å². The molecule has 536 valence electrons. The molecule has 12 aromatic rings. The summed E-state index contributed by atoms with van der Waals surface area (Å²) in [6.45, 7) is 18.3. The lowest BCUT2D eigenvalue weighted by molar-refractivity contribution is 0.295. The van der Waals surface area contributed by atoms with Gasteiger partial charge in [0.15, 0.2) is 12.8 Å². The van der Waals surface area contributed by atoms with Crippen LogP contribution in [0.3, 0.4) is 0 Å². The van der Waals surface area contributed by atoms with Gasteiger partial charge in [0, 0.05) is 110 Å². The highest BCUT2D eigenvalue weighted by Crippen LogP contribution is 2.45. The van der Waals surface area contributed by atoms with Crippen LogP contribution in [0.25, 0.3) is 68.8 Å². The van der Waals surface area contributed by atoms with E-state index >= 15 is 0 Å². The highest BCUT2D eigenvalue weighted by molar-refractivity contribution is 7.09. The molecule has 108 heavy (non-hydrogen) atoms. The quantitative estimate of drug-likeness (QED) is 0.120. The summed E-state index contributed by atoms with van der Waals surface area (Å²) in [5.74, 6) is 7.68. The molecule has 0 unspecified atom stereocenters. The van der Waals surface area contributed by atoms with Crippen molar-refractivity contribution in [3.8, 4) is 68.8 Å². The van der Waals surface area contributed by atoms with Crippen molar-refractivity contribution in [1.29, 1.82) is 21.0 Å². The SMILES string of the molecule is C[C@H]1[C@H](/C=C/c2ccc(-c3ccccc3C#N)cn2)c2[nH]ncc2C[C@@H]1C.C[C@H]1[C@H](/C=C/c2ccc(-c3ccccc3C#N)cn2)c2ncoc2C[C@@H]1C.C[C@H]1[C@H](/C=C/c2ccc(-c3ccccc3C#N)cn2)c2ocnc2C[C@@H]1C.C[C@H]1[C@H](/C=C/c2ccc(-c3ccccc3C#N)cn2)c2scnc2C[C@@H]1C. The maximum Gasteiger partial charge on any atom is 0.181 e. The normalized spacial score (nSPS) is 21.7. The van der Waals surface area contributed by atoms with Crippen LogP contribution in [0.1, 0.15) is 169 Å². The van der Waals surface area contributed by atoms with E-state index in [1.165, 1.54) is 21.8 Å². The number of nitrogens with one attached hydrogen (secondary N) is 1. The molecule has 8 aromatic heterocycles. The minimum Gasteiger partial charge on any atom is -0.448 e. The van der Waals surface area contributed by atoms with Crippen LogP contribution in [0.2, 0.25) is 0 Å². The van der Waals surface area contributed by atoms with Crippen molar-refractivity contribution in [1.82, 2.24) is 45.1 Å². The number of thiazole rings is 1. The lowest BCUT2D eigenvalue weighted by atomic mass is 9.73. The summed E-state index contributed by atoms with van der Waals surface area (Å²) in [6.07, 6.45) is 33.7. The van der Waals surface area contributed by atoms with Gasteiger partial charge in [0.05, 0.1) is 98.1 Å². The Morgan fingerprint density at radius 1 is 0.389 bits per heavy atom. The fraction of sp³-hybridized carbons (Fsp3) is 0.261. The van der Waals surface area contributed by atoms with Crippen molar-refractivity contribution in [3.05, 3.63) is 309 Å². The monoisotopic (exact) mass is 1440 g/mol. The molecule has 15 nitrogen and oxygen atoms in total. The first kappa shape index (κ1) is 74.0. The number of hydrogen-bond acceptors (Lipinski definition) is 15. The maximum absolute atomic E-state index is 9.29. The third kappa shape index (κ3) is 16.7. The molecule has 0 bridgehead atoms. The number of oxazole rings is 2. The second-order valence-electron chi connectivity index (χ2n) is 29.0. The van der Waals surface area contributed by atoms with Gasteiger partial charge in [-0.1, -0.05) is 177 Å². The van der Waals surface area contributed by atoms with Crippen LogP contribution in [0.4, 0.5) is 0 Å². The van der Waals surface area contributed by atoms with Crippen LogP contribution in [0.5, 0.6) is 0 Å². The molecule has 0 saturated heterocycles. The van der Waals surface area contributed by atoms with Gasteiger partial charge in [-0.25, -0.2) is 15.0 Å². The van der Waals surface area contributed by atoms with E-state index in [9.17, 15) is 21.0 Å². The van der Waals surface area contributed by atoms with Gasteiger partial charge in [-0.05, 0) is 145 Å². The Labute approximate surface area is 636 Å². The second-order valence-corrected chi connectivity index (χ2v) is 29.9. The molecule has 0 amide bonds. The number of pyridine rings is 4. The molecule has 4 aliphatic carbocycles. The Bertz CT molecular complexity index is 4710. The van der Waals surface area contributed by atoms with Gasteiger partial charge >= 0.3 is 0 Å². The number of rotatable bonds is 12. The van der Waals surface area contributed by atoms with E-state index in [4.69, 9.17) is 8.83 Å². The molecular formula is C92H85N13O2S. The number of nitrogens with zero attached hydrogens (tertiary/aromatic N) is 12. The van der Waals surface area contributed by atoms with Crippen molar-refractivity contribution in [3.63, 3.8) is 0 Å². The summed E-state index contributed by atoms with van der Waals surface area (Å²) in [6, 6.07) is 55.4. The van der Waals surface area contributed by atoms with Gasteiger partial charge in [-0.15, -0.1) is 11.3 Å². The summed E-state index contributed by atoms with van der Waals surface area (Å²) in [5, 5.41) is 44.5. The number of nitriles is 4. The Kier molecular flexibility index (Phi) is 23.5. The second kappa shape index (κ2) is 34.3. The third-order valence-electron chi connectivity index (χ3n) is 22.4. The molecule has 4 aromatic carbocycles. The largest absolute Gasteiger partial charge is 0.448 e. The topological polar surface area (TPSA) is 240 Å². The maximum atomic E-state index is 9.29. The van der Waals surface area contributed by atoms with Crippen LogP contribution in [0.15, 0.2) is 228 Å². The summed E-state index contributed by atoms with van der Waals surface area (Å²) in [4.78, 5) is 33.1. The van der Waals surface area contributed by atoms with Crippen LogP contribution in [-0.4, -0.2) is 45.1 Å². The highest BCUT2D eigenvalue weighted by atomic mass is 32.1. The zero-order valence-electron chi connectivity index (χ0n) is 61.9. The molecule has 16 heteroatoms. The first-order valence-electron chi connectivity index (χ1n) is 37.0. The molecule has 0 aliphatic heterocycles. The van der Waals surface area contributed by atoms with Crippen LogP contribution >= 0.6 is 11.3 Å². The first-order chi connectivity index (χ1) is 52.7. The summed E-state index contributed by atoms with van der Waals surface area (Å²) in [5.41, 5.74) is 21.7. The molecule has 16 rings (SSSR count). The van der Waals surface area contributed by atoms with Gasteiger partial charge in [0.2, 0.25) is 0 Å². The smallest absolute Gasteiger partial charge is 0.181 e. The van der Waals surface area contributed by atoms with E-state index in [0.717, 1.165) is 116 Å². The summed E-state index contributed by atoms with van der Waals surface area (Å²) in [7, 11) is 0. The molecule has 0 saturated carbocycles. The molecule has 1 N–H and O–H groups in total. The first-order valence-corrected chi connectivity index (χ1v) is 37.9. The molecule has 12 atom stereocenters. The predicted molar refractivity (Wildman–Crippen MR) is 426 cm³/mol. The molecule has 8 heterocycles. The van der Waals surface area contributed by atoms with E-state index in [2.05, 4.69) is 167 Å². The summed E-state index contributed by atoms with van der Waals surface area (Å²) >= 11 is 1.76. The number of fused-ring (bicyclic) bond motifs is 4. The number of aromatic nitrogens is 9. The van der Waals surface area contributed by atoms with E-state index in [-0.39, 0.29) is 11.8 Å². The fourth-order valence-electron chi connectivity index (χ4n) is 15.1. The van der Waals surface area contributed by atoms with Gasteiger partial charge in [0.1, 0.15) is 11.5 Å². The van der Waals surface area contributed by atoms with Gasteiger partial charge < -0.3 is 8.83 Å². The van der Waals surface area contributed by atoms with Gasteiger partial charge in [0.25, 0.3) is 0 Å². The van der Waals surface area contributed by atoms with Gasteiger partial charge in [-0.3, -0.25) is 25.0 Å². The van der Waals surface area contributed by atoms with E-state index < -0.39 is 0 Å². The molecule has 0 fully saturated rings. The van der Waals surface area contributed by atoms with E-state index in [1.807, 2.05) is 188 Å².